The van der Waals surface area contributed by atoms with Gasteiger partial charge in [-0.15, -0.1) is 0 Å². The maximum absolute atomic E-state index is 10.1. The number of phenolic OH excluding ortho intramolecular Hbond substituents is 1. The summed E-state index contributed by atoms with van der Waals surface area (Å²) in [5.41, 5.74) is -0.132. The Kier molecular flexibility index (Phi) is 4.57. The molecule has 0 aliphatic carbocycles. The SMILES string of the molecule is C1C[C@H]2OCC[C@H]2O1.O=[N+]([O-])c1ccc(O)c(Cl)c1. The van der Waals surface area contributed by atoms with Gasteiger partial charge in [-0.2, -0.15) is 0 Å². The van der Waals surface area contributed by atoms with E-state index in [0.29, 0.717) is 12.2 Å². The van der Waals surface area contributed by atoms with E-state index in [1.165, 1.54) is 12.1 Å². The van der Waals surface area contributed by atoms with Gasteiger partial charge >= 0.3 is 0 Å². The highest BCUT2D eigenvalue weighted by atomic mass is 35.5. The van der Waals surface area contributed by atoms with Crippen LogP contribution in [0, 0.1) is 10.1 Å². The molecule has 2 atom stereocenters. The second-order valence-electron chi connectivity index (χ2n) is 4.29. The summed E-state index contributed by atoms with van der Waals surface area (Å²) in [6.45, 7) is 1.82. The van der Waals surface area contributed by atoms with Gasteiger partial charge in [-0.3, -0.25) is 10.1 Å². The molecule has 2 aliphatic heterocycles. The van der Waals surface area contributed by atoms with Crippen molar-refractivity contribution >= 4 is 17.3 Å². The third-order valence-electron chi connectivity index (χ3n) is 3.03. The number of fused-ring (bicyclic) bond motifs is 1. The molecule has 2 fully saturated rings. The molecule has 0 spiro atoms. The molecule has 19 heavy (non-hydrogen) atoms. The van der Waals surface area contributed by atoms with E-state index in [1.54, 1.807) is 0 Å². The van der Waals surface area contributed by atoms with Gasteiger partial charge in [0.1, 0.15) is 5.75 Å². The fraction of sp³-hybridized carbons (Fsp3) is 0.500. The van der Waals surface area contributed by atoms with Crippen LogP contribution in [-0.2, 0) is 9.47 Å². The van der Waals surface area contributed by atoms with Gasteiger partial charge in [0.05, 0.1) is 22.2 Å². The minimum Gasteiger partial charge on any atom is -0.506 e. The molecule has 1 aromatic rings. The molecule has 0 radical (unpaired) electrons. The van der Waals surface area contributed by atoms with Crippen LogP contribution in [0.5, 0.6) is 5.75 Å². The summed E-state index contributed by atoms with van der Waals surface area (Å²) < 4.78 is 10.7. The van der Waals surface area contributed by atoms with Crippen LogP contribution in [-0.4, -0.2) is 35.5 Å². The van der Waals surface area contributed by atoms with Crippen molar-refractivity contribution in [1.29, 1.82) is 0 Å². The first-order chi connectivity index (χ1) is 9.08. The zero-order valence-electron chi connectivity index (χ0n) is 10.1. The van der Waals surface area contributed by atoms with E-state index in [4.69, 9.17) is 26.2 Å². The maximum atomic E-state index is 10.1. The lowest BCUT2D eigenvalue weighted by atomic mass is 10.2. The largest absolute Gasteiger partial charge is 0.506 e. The first-order valence-electron chi connectivity index (χ1n) is 5.94. The monoisotopic (exact) mass is 287 g/mol. The van der Waals surface area contributed by atoms with E-state index in [1.807, 2.05) is 0 Å². The van der Waals surface area contributed by atoms with Gasteiger partial charge in [-0.1, -0.05) is 11.6 Å². The highest BCUT2D eigenvalue weighted by molar-refractivity contribution is 6.32. The molecule has 0 aromatic heterocycles. The fourth-order valence-electron chi connectivity index (χ4n) is 2.03. The normalized spacial score (nSPS) is 24.5. The number of non-ortho nitro benzene ring substituents is 1. The first kappa shape index (κ1) is 14.0. The molecule has 3 rings (SSSR count). The Hall–Kier alpha value is -1.37. The molecule has 2 saturated heterocycles. The van der Waals surface area contributed by atoms with Gasteiger partial charge in [-0.25, -0.2) is 0 Å². The van der Waals surface area contributed by atoms with Crippen LogP contribution < -0.4 is 0 Å². The second-order valence-corrected chi connectivity index (χ2v) is 4.70. The zero-order valence-corrected chi connectivity index (χ0v) is 10.9. The number of nitro groups is 1. The van der Waals surface area contributed by atoms with Crippen molar-refractivity contribution in [3.8, 4) is 5.75 Å². The topological polar surface area (TPSA) is 81.8 Å². The fourth-order valence-corrected chi connectivity index (χ4v) is 2.21. The summed E-state index contributed by atoms with van der Waals surface area (Å²) in [6.07, 6.45) is 3.14. The molecule has 6 nitrogen and oxygen atoms in total. The summed E-state index contributed by atoms with van der Waals surface area (Å²) >= 11 is 5.40. The molecule has 0 saturated carbocycles. The Bertz CT molecular complexity index is 447. The Morgan fingerprint density at radius 3 is 2.32 bits per heavy atom. The predicted molar refractivity (Wildman–Crippen MR) is 68.5 cm³/mol. The number of hydrogen-bond acceptors (Lipinski definition) is 5. The van der Waals surface area contributed by atoms with Gasteiger partial charge < -0.3 is 14.6 Å². The zero-order chi connectivity index (χ0) is 13.8. The van der Waals surface area contributed by atoms with Crippen molar-refractivity contribution in [2.75, 3.05) is 13.2 Å². The number of benzene rings is 1. The van der Waals surface area contributed by atoms with Gasteiger partial charge in [0.25, 0.3) is 5.69 Å². The van der Waals surface area contributed by atoms with Crippen LogP contribution in [0.25, 0.3) is 0 Å². The van der Waals surface area contributed by atoms with Crippen molar-refractivity contribution in [3.63, 3.8) is 0 Å². The molecule has 0 bridgehead atoms. The number of phenols is 1. The third-order valence-corrected chi connectivity index (χ3v) is 3.33. The van der Waals surface area contributed by atoms with E-state index < -0.39 is 4.92 Å². The maximum Gasteiger partial charge on any atom is 0.271 e. The molecule has 0 unspecified atom stereocenters. The number of ether oxygens (including phenoxy) is 2. The lowest BCUT2D eigenvalue weighted by Gasteiger charge is -2.03. The van der Waals surface area contributed by atoms with E-state index in [0.717, 1.165) is 32.1 Å². The Morgan fingerprint density at radius 2 is 1.84 bits per heavy atom. The minimum atomic E-state index is -0.578. The van der Waals surface area contributed by atoms with Gasteiger partial charge in [0.15, 0.2) is 0 Å². The van der Waals surface area contributed by atoms with Crippen LogP contribution in [0.1, 0.15) is 12.8 Å². The average molecular weight is 288 g/mol. The van der Waals surface area contributed by atoms with Crippen molar-refractivity contribution in [2.45, 2.75) is 25.0 Å². The summed E-state index contributed by atoms with van der Waals surface area (Å²) in [4.78, 5) is 9.55. The molecule has 0 amide bonds. The standard InChI is InChI=1S/C6H4ClNO3.C6H10O2/c7-5-3-4(8(10)11)1-2-6(5)9;1-3-7-6-2-4-8-5(1)6/h1-3,9H;5-6H,1-4H2/t;5-,6-/m.1/s1. The molecule has 104 valence electrons. The van der Waals surface area contributed by atoms with Gasteiger partial charge in [0, 0.05) is 25.3 Å². The Labute approximate surface area is 115 Å². The number of rotatable bonds is 1. The van der Waals surface area contributed by atoms with E-state index in [-0.39, 0.29) is 16.5 Å². The third kappa shape index (κ3) is 3.56. The summed E-state index contributed by atoms with van der Waals surface area (Å²) in [6, 6.07) is 3.46. The highest BCUT2D eigenvalue weighted by Crippen LogP contribution is 2.27. The molecule has 7 heteroatoms. The lowest BCUT2D eigenvalue weighted by Crippen LogP contribution is -2.13. The number of nitrogens with zero attached hydrogens (tertiary/aromatic N) is 1. The summed E-state index contributed by atoms with van der Waals surface area (Å²) in [5, 5.41) is 19.0. The van der Waals surface area contributed by atoms with Crippen LogP contribution >= 0.6 is 11.6 Å². The minimum absolute atomic E-state index is 0.0146. The predicted octanol–water partition coefficient (Wildman–Crippen LogP) is 2.52. The van der Waals surface area contributed by atoms with Crippen molar-refractivity contribution in [1.82, 2.24) is 0 Å². The average Bonchev–Trinajstić information content (AvgIpc) is 2.96. The Morgan fingerprint density at radius 1 is 1.26 bits per heavy atom. The number of nitro benzene ring substituents is 1. The molecule has 2 heterocycles. The van der Waals surface area contributed by atoms with E-state index in [9.17, 15) is 10.1 Å². The summed E-state index contributed by atoms with van der Waals surface area (Å²) in [5.74, 6) is -0.155. The first-order valence-corrected chi connectivity index (χ1v) is 6.32. The Balaban J connectivity index is 0.000000146. The lowest BCUT2D eigenvalue weighted by molar-refractivity contribution is -0.384. The van der Waals surface area contributed by atoms with Crippen LogP contribution in [0.3, 0.4) is 0 Å². The smallest absolute Gasteiger partial charge is 0.271 e. The molecule has 1 N–H and O–H groups in total. The molecular formula is C12H14ClNO5. The van der Waals surface area contributed by atoms with E-state index in [2.05, 4.69) is 0 Å². The van der Waals surface area contributed by atoms with Crippen molar-refractivity contribution in [2.24, 2.45) is 0 Å². The highest BCUT2D eigenvalue weighted by Gasteiger charge is 2.33. The molecular weight excluding hydrogens is 274 g/mol. The number of hydrogen-bond donors (Lipinski definition) is 1. The summed E-state index contributed by atoms with van der Waals surface area (Å²) in [7, 11) is 0. The number of halogens is 1. The second kappa shape index (κ2) is 6.18. The van der Waals surface area contributed by atoms with Crippen LogP contribution in [0.2, 0.25) is 5.02 Å². The number of aromatic hydroxyl groups is 1. The van der Waals surface area contributed by atoms with Crippen molar-refractivity contribution in [3.05, 3.63) is 33.3 Å². The molecule has 1 aromatic carbocycles. The van der Waals surface area contributed by atoms with Crippen LogP contribution in [0.4, 0.5) is 5.69 Å². The van der Waals surface area contributed by atoms with Crippen molar-refractivity contribution < 1.29 is 19.5 Å². The van der Waals surface area contributed by atoms with Gasteiger partial charge in [-0.05, 0) is 18.9 Å². The quantitative estimate of drug-likeness (QED) is 0.634. The van der Waals surface area contributed by atoms with Gasteiger partial charge in [0.2, 0.25) is 0 Å². The van der Waals surface area contributed by atoms with E-state index >= 15 is 0 Å². The molecule has 2 aliphatic rings. The van der Waals surface area contributed by atoms with Crippen LogP contribution in [0.15, 0.2) is 18.2 Å².